The lowest BCUT2D eigenvalue weighted by molar-refractivity contribution is -0.139. The van der Waals surface area contributed by atoms with Crippen LogP contribution in [0.2, 0.25) is 0 Å². The molecule has 7 nitrogen and oxygen atoms in total. The standard InChI is InChI=1S/C15H20N2O5/c1-10-3-4-11(14(16-10)21-2)13(20)17-15(9-12(18)19)5-7-22-8-6-15/h3-4H,5-9H2,1-2H3,(H,17,20)(H,18,19). The molecule has 2 heterocycles. The van der Waals surface area contributed by atoms with Crippen molar-refractivity contribution in [2.45, 2.75) is 31.7 Å². The molecule has 1 fully saturated rings. The van der Waals surface area contributed by atoms with Gasteiger partial charge in [0.2, 0.25) is 5.88 Å². The number of carboxylic acids is 1. The van der Waals surface area contributed by atoms with Crippen LogP contribution in [0.1, 0.15) is 35.3 Å². The van der Waals surface area contributed by atoms with E-state index in [4.69, 9.17) is 14.6 Å². The van der Waals surface area contributed by atoms with Crippen molar-refractivity contribution in [3.05, 3.63) is 23.4 Å². The summed E-state index contributed by atoms with van der Waals surface area (Å²) >= 11 is 0. The Bertz CT molecular complexity index is 567. The molecule has 1 aliphatic heterocycles. The van der Waals surface area contributed by atoms with E-state index < -0.39 is 11.5 Å². The van der Waals surface area contributed by atoms with Crippen molar-refractivity contribution in [1.82, 2.24) is 10.3 Å². The molecule has 1 aliphatic rings. The summed E-state index contributed by atoms with van der Waals surface area (Å²) in [6, 6.07) is 3.34. The summed E-state index contributed by atoms with van der Waals surface area (Å²) in [4.78, 5) is 27.8. The Kier molecular flexibility index (Phi) is 4.97. The van der Waals surface area contributed by atoms with Crippen molar-refractivity contribution in [2.75, 3.05) is 20.3 Å². The molecule has 0 bridgehead atoms. The van der Waals surface area contributed by atoms with Crippen molar-refractivity contribution in [1.29, 1.82) is 0 Å². The number of hydrogen-bond donors (Lipinski definition) is 2. The zero-order valence-electron chi connectivity index (χ0n) is 12.7. The van der Waals surface area contributed by atoms with Crippen LogP contribution in [0.15, 0.2) is 12.1 Å². The molecule has 0 aliphatic carbocycles. The maximum atomic E-state index is 12.5. The maximum Gasteiger partial charge on any atom is 0.305 e. The van der Waals surface area contributed by atoms with Gasteiger partial charge in [0.1, 0.15) is 5.56 Å². The summed E-state index contributed by atoms with van der Waals surface area (Å²) in [7, 11) is 1.44. The van der Waals surface area contributed by atoms with Gasteiger partial charge in [-0.05, 0) is 31.9 Å². The molecule has 0 saturated carbocycles. The molecule has 0 atom stereocenters. The van der Waals surface area contributed by atoms with Gasteiger partial charge in [0.05, 0.1) is 19.1 Å². The fourth-order valence-electron chi connectivity index (χ4n) is 2.57. The number of ether oxygens (including phenoxy) is 2. The largest absolute Gasteiger partial charge is 0.481 e. The molecule has 1 amide bonds. The molecular weight excluding hydrogens is 288 g/mol. The molecule has 1 aromatic rings. The number of aliphatic carboxylic acids is 1. The van der Waals surface area contributed by atoms with Crippen molar-refractivity contribution >= 4 is 11.9 Å². The maximum absolute atomic E-state index is 12.5. The van der Waals surface area contributed by atoms with Gasteiger partial charge >= 0.3 is 5.97 Å². The van der Waals surface area contributed by atoms with Gasteiger partial charge in [-0.2, -0.15) is 0 Å². The summed E-state index contributed by atoms with van der Waals surface area (Å²) in [5.74, 6) is -1.10. The monoisotopic (exact) mass is 308 g/mol. The average Bonchev–Trinajstić information content (AvgIpc) is 2.46. The molecule has 0 aromatic carbocycles. The van der Waals surface area contributed by atoms with E-state index in [0.717, 1.165) is 5.69 Å². The number of pyridine rings is 1. The first kappa shape index (κ1) is 16.2. The number of aryl methyl sites for hydroxylation is 1. The first-order valence-corrected chi connectivity index (χ1v) is 7.09. The van der Waals surface area contributed by atoms with E-state index in [9.17, 15) is 9.59 Å². The number of methoxy groups -OCH3 is 1. The predicted molar refractivity (Wildman–Crippen MR) is 78.0 cm³/mol. The molecule has 1 saturated heterocycles. The minimum absolute atomic E-state index is 0.135. The van der Waals surface area contributed by atoms with Crippen molar-refractivity contribution in [3.8, 4) is 5.88 Å². The Balaban J connectivity index is 2.22. The topological polar surface area (TPSA) is 97.8 Å². The van der Waals surface area contributed by atoms with Crippen LogP contribution in [0.25, 0.3) is 0 Å². The van der Waals surface area contributed by atoms with Crippen LogP contribution in [0.4, 0.5) is 0 Å². The van der Waals surface area contributed by atoms with E-state index in [1.165, 1.54) is 7.11 Å². The van der Waals surface area contributed by atoms with Crippen molar-refractivity contribution in [3.63, 3.8) is 0 Å². The van der Waals surface area contributed by atoms with Gasteiger partial charge in [-0.3, -0.25) is 9.59 Å². The molecule has 2 N–H and O–H groups in total. The molecule has 120 valence electrons. The van der Waals surface area contributed by atoms with Crippen LogP contribution in [-0.4, -0.2) is 47.8 Å². The Morgan fingerprint density at radius 1 is 1.41 bits per heavy atom. The van der Waals surface area contributed by atoms with E-state index >= 15 is 0 Å². The zero-order valence-corrected chi connectivity index (χ0v) is 12.7. The van der Waals surface area contributed by atoms with Crippen LogP contribution in [0.5, 0.6) is 5.88 Å². The SMILES string of the molecule is COc1nc(C)ccc1C(=O)NC1(CC(=O)O)CCOCC1. The number of aromatic nitrogens is 1. The molecule has 2 rings (SSSR count). The third kappa shape index (κ3) is 3.73. The van der Waals surface area contributed by atoms with Gasteiger partial charge in [-0.25, -0.2) is 4.98 Å². The summed E-state index contributed by atoms with van der Waals surface area (Å²) in [6.07, 6.45) is 0.795. The van der Waals surface area contributed by atoms with Crippen LogP contribution in [0, 0.1) is 6.92 Å². The highest BCUT2D eigenvalue weighted by Gasteiger charge is 2.37. The molecule has 1 aromatic heterocycles. The van der Waals surface area contributed by atoms with Gasteiger partial charge in [-0.15, -0.1) is 0 Å². The van der Waals surface area contributed by atoms with Gasteiger partial charge in [0, 0.05) is 18.9 Å². The second-order valence-corrected chi connectivity index (χ2v) is 5.43. The average molecular weight is 308 g/mol. The summed E-state index contributed by atoms with van der Waals surface area (Å²) < 4.78 is 10.4. The van der Waals surface area contributed by atoms with Gasteiger partial charge in [0.15, 0.2) is 0 Å². The van der Waals surface area contributed by atoms with E-state index in [0.29, 0.717) is 31.6 Å². The lowest BCUT2D eigenvalue weighted by atomic mass is 9.86. The van der Waals surface area contributed by atoms with E-state index in [1.807, 2.05) is 0 Å². The first-order valence-electron chi connectivity index (χ1n) is 7.09. The third-order valence-electron chi connectivity index (χ3n) is 3.76. The van der Waals surface area contributed by atoms with Gasteiger partial charge in [0.25, 0.3) is 5.91 Å². The van der Waals surface area contributed by atoms with Crippen LogP contribution >= 0.6 is 0 Å². The second kappa shape index (κ2) is 6.74. The summed E-state index contributed by atoms with van der Waals surface area (Å²) in [5.41, 5.74) is 0.237. The van der Waals surface area contributed by atoms with Crippen molar-refractivity contribution < 1.29 is 24.2 Å². The zero-order chi connectivity index (χ0) is 16.2. The minimum Gasteiger partial charge on any atom is -0.481 e. The molecule has 0 unspecified atom stereocenters. The molecule has 7 heteroatoms. The number of carbonyl (C=O) groups is 2. The number of amides is 1. The lowest BCUT2D eigenvalue weighted by Gasteiger charge is -2.36. The van der Waals surface area contributed by atoms with Crippen LogP contribution in [-0.2, 0) is 9.53 Å². The Hall–Kier alpha value is -2.15. The minimum atomic E-state index is -0.948. The quantitative estimate of drug-likeness (QED) is 0.847. The molecule has 22 heavy (non-hydrogen) atoms. The number of rotatable bonds is 5. The van der Waals surface area contributed by atoms with Crippen molar-refractivity contribution in [2.24, 2.45) is 0 Å². The Morgan fingerprint density at radius 2 is 2.09 bits per heavy atom. The highest BCUT2D eigenvalue weighted by atomic mass is 16.5. The fourth-order valence-corrected chi connectivity index (χ4v) is 2.57. The van der Waals surface area contributed by atoms with Gasteiger partial charge in [-0.1, -0.05) is 0 Å². The number of carboxylic acid groups (broad SMARTS) is 1. The first-order chi connectivity index (χ1) is 10.5. The fraction of sp³-hybridized carbons (Fsp3) is 0.533. The van der Waals surface area contributed by atoms with E-state index in [1.54, 1.807) is 19.1 Å². The highest BCUT2D eigenvalue weighted by molar-refractivity contribution is 5.97. The number of nitrogens with one attached hydrogen (secondary N) is 1. The molecule has 0 spiro atoms. The normalized spacial score (nSPS) is 16.8. The molecule has 0 radical (unpaired) electrons. The van der Waals surface area contributed by atoms with E-state index in [-0.39, 0.29) is 18.2 Å². The number of carbonyl (C=O) groups excluding carboxylic acids is 1. The smallest absolute Gasteiger partial charge is 0.305 e. The third-order valence-corrected chi connectivity index (χ3v) is 3.76. The van der Waals surface area contributed by atoms with Gasteiger partial charge < -0.3 is 19.9 Å². The number of hydrogen-bond acceptors (Lipinski definition) is 5. The van der Waals surface area contributed by atoms with E-state index in [2.05, 4.69) is 10.3 Å². The summed E-state index contributed by atoms with van der Waals surface area (Å²) in [5, 5.41) is 12.0. The number of nitrogens with zero attached hydrogens (tertiary/aromatic N) is 1. The Morgan fingerprint density at radius 3 is 2.68 bits per heavy atom. The Labute approximate surface area is 128 Å². The highest BCUT2D eigenvalue weighted by Crippen LogP contribution is 2.26. The van der Waals surface area contributed by atoms with Crippen LogP contribution < -0.4 is 10.1 Å². The molecular formula is C15H20N2O5. The lowest BCUT2D eigenvalue weighted by Crippen LogP contribution is -2.53. The van der Waals surface area contributed by atoms with Crippen LogP contribution in [0.3, 0.4) is 0 Å². The summed E-state index contributed by atoms with van der Waals surface area (Å²) in [6.45, 7) is 2.66. The predicted octanol–water partition coefficient (Wildman–Crippen LogP) is 1.15. The second-order valence-electron chi connectivity index (χ2n) is 5.43.